The van der Waals surface area contributed by atoms with Gasteiger partial charge >= 0.3 is 0 Å². The Morgan fingerprint density at radius 3 is 2.50 bits per heavy atom. The molecule has 0 aliphatic heterocycles. The summed E-state index contributed by atoms with van der Waals surface area (Å²) in [5.74, 6) is 5.20. The first-order valence-electron chi connectivity index (χ1n) is 6.63. The van der Waals surface area contributed by atoms with Gasteiger partial charge in [-0.25, -0.2) is 4.39 Å². The van der Waals surface area contributed by atoms with Crippen LogP contribution in [0.5, 0.6) is 0 Å². The topological polar surface area (TPSA) is 38.0 Å². The Morgan fingerprint density at radius 2 is 1.85 bits per heavy atom. The molecule has 2 rings (SSSR count). The van der Waals surface area contributed by atoms with Gasteiger partial charge < -0.3 is 0 Å². The molecular formula is C16H18ClFN2. The lowest BCUT2D eigenvalue weighted by Gasteiger charge is -2.16. The predicted molar refractivity (Wildman–Crippen MR) is 81.0 cm³/mol. The van der Waals surface area contributed by atoms with Gasteiger partial charge in [-0.3, -0.25) is 11.3 Å². The molecule has 2 aromatic carbocycles. The summed E-state index contributed by atoms with van der Waals surface area (Å²) in [6.07, 6.45) is 2.59. The number of benzene rings is 2. The zero-order valence-corrected chi connectivity index (χ0v) is 11.9. The van der Waals surface area contributed by atoms with Crippen molar-refractivity contribution in [1.29, 1.82) is 0 Å². The van der Waals surface area contributed by atoms with E-state index < -0.39 is 5.82 Å². The van der Waals surface area contributed by atoms with E-state index in [1.807, 2.05) is 18.2 Å². The summed E-state index contributed by atoms with van der Waals surface area (Å²) in [4.78, 5) is 0. The number of hydrogen-bond acceptors (Lipinski definition) is 2. The first-order chi connectivity index (χ1) is 9.69. The Morgan fingerprint density at radius 1 is 1.10 bits per heavy atom. The summed E-state index contributed by atoms with van der Waals surface area (Å²) in [5.41, 5.74) is 5.08. The molecule has 0 amide bonds. The van der Waals surface area contributed by atoms with Gasteiger partial charge in [0, 0.05) is 6.04 Å². The molecule has 0 aromatic heterocycles. The molecule has 0 bridgehead atoms. The van der Waals surface area contributed by atoms with Crippen molar-refractivity contribution in [2.45, 2.75) is 25.3 Å². The number of rotatable bonds is 6. The van der Waals surface area contributed by atoms with Gasteiger partial charge in [-0.05, 0) is 42.5 Å². The van der Waals surface area contributed by atoms with Gasteiger partial charge in [-0.1, -0.05) is 48.0 Å². The van der Waals surface area contributed by atoms with Crippen LogP contribution in [0.4, 0.5) is 4.39 Å². The van der Waals surface area contributed by atoms with Crippen LogP contribution in [-0.4, -0.2) is 6.04 Å². The van der Waals surface area contributed by atoms with Gasteiger partial charge in [0.2, 0.25) is 0 Å². The van der Waals surface area contributed by atoms with Crippen molar-refractivity contribution >= 4 is 11.6 Å². The second kappa shape index (κ2) is 7.39. The molecule has 20 heavy (non-hydrogen) atoms. The van der Waals surface area contributed by atoms with Crippen LogP contribution in [0.1, 0.15) is 17.5 Å². The van der Waals surface area contributed by atoms with Gasteiger partial charge in [-0.15, -0.1) is 0 Å². The van der Waals surface area contributed by atoms with E-state index in [0.717, 1.165) is 24.8 Å². The van der Waals surface area contributed by atoms with Crippen LogP contribution in [0.2, 0.25) is 5.02 Å². The Labute approximate surface area is 123 Å². The average molecular weight is 293 g/mol. The highest BCUT2D eigenvalue weighted by molar-refractivity contribution is 6.30. The number of halogens is 2. The summed E-state index contributed by atoms with van der Waals surface area (Å²) in [5, 5.41) is 0.154. The van der Waals surface area contributed by atoms with E-state index in [-0.39, 0.29) is 11.1 Å². The van der Waals surface area contributed by atoms with E-state index >= 15 is 0 Å². The lowest BCUT2D eigenvalue weighted by molar-refractivity contribution is 0.491. The molecule has 2 aromatic rings. The fraction of sp³-hybridized carbons (Fsp3) is 0.250. The maximum Gasteiger partial charge on any atom is 0.141 e. The molecule has 0 aliphatic rings. The number of aryl methyl sites for hydroxylation is 1. The van der Waals surface area contributed by atoms with Gasteiger partial charge in [0.05, 0.1) is 5.02 Å². The molecule has 0 fully saturated rings. The van der Waals surface area contributed by atoms with Crippen molar-refractivity contribution in [2.75, 3.05) is 0 Å². The first kappa shape index (κ1) is 15.0. The van der Waals surface area contributed by atoms with Crippen LogP contribution >= 0.6 is 11.6 Å². The third-order valence-electron chi connectivity index (χ3n) is 3.33. The minimum Gasteiger partial charge on any atom is -0.271 e. The highest BCUT2D eigenvalue weighted by Crippen LogP contribution is 2.18. The van der Waals surface area contributed by atoms with Crippen LogP contribution in [0.25, 0.3) is 0 Å². The summed E-state index contributed by atoms with van der Waals surface area (Å²) in [6.45, 7) is 0. The van der Waals surface area contributed by atoms with E-state index in [1.165, 1.54) is 11.6 Å². The van der Waals surface area contributed by atoms with Gasteiger partial charge in [0.15, 0.2) is 0 Å². The molecular weight excluding hydrogens is 275 g/mol. The average Bonchev–Trinajstić information content (AvgIpc) is 2.48. The van der Waals surface area contributed by atoms with E-state index in [1.54, 1.807) is 12.1 Å². The number of hydrogen-bond donors (Lipinski definition) is 2. The van der Waals surface area contributed by atoms with E-state index in [4.69, 9.17) is 17.4 Å². The van der Waals surface area contributed by atoms with Crippen molar-refractivity contribution in [3.8, 4) is 0 Å². The van der Waals surface area contributed by atoms with Crippen molar-refractivity contribution in [3.63, 3.8) is 0 Å². The van der Waals surface area contributed by atoms with Gasteiger partial charge in [0.1, 0.15) is 5.82 Å². The largest absolute Gasteiger partial charge is 0.271 e. The van der Waals surface area contributed by atoms with Crippen molar-refractivity contribution in [1.82, 2.24) is 5.43 Å². The van der Waals surface area contributed by atoms with Crippen LogP contribution in [0.15, 0.2) is 48.5 Å². The minimum absolute atomic E-state index is 0.136. The molecule has 0 spiro atoms. The fourth-order valence-corrected chi connectivity index (χ4v) is 2.38. The normalized spacial score (nSPS) is 12.3. The van der Waals surface area contributed by atoms with Crippen molar-refractivity contribution < 1.29 is 4.39 Å². The second-order valence-corrected chi connectivity index (χ2v) is 5.25. The first-order valence-corrected chi connectivity index (χ1v) is 7.01. The second-order valence-electron chi connectivity index (χ2n) is 4.84. The molecule has 4 heteroatoms. The lowest BCUT2D eigenvalue weighted by Crippen LogP contribution is -2.37. The molecule has 0 radical (unpaired) electrons. The summed E-state index contributed by atoms with van der Waals surface area (Å²) < 4.78 is 13.1. The maximum absolute atomic E-state index is 13.1. The van der Waals surface area contributed by atoms with E-state index in [9.17, 15) is 4.39 Å². The lowest BCUT2D eigenvalue weighted by atomic mass is 9.99. The van der Waals surface area contributed by atoms with Gasteiger partial charge in [-0.2, -0.15) is 0 Å². The highest BCUT2D eigenvalue weighted by atomic mass is 35.5. The molecule has 2 nitrogen and oxygen atoms in total. The van der Waals surface area contributed by atoms with E-state index in [0.29, 0.717) is 0 Å². The van der Waals surface area contributed by atoms with Crippen LogP contribution in [-0.2, 0) is 12.8 Å². The Balaban J connectivity index is 1.93. The smallest absolute Gasteiger partial charge is 0.141 e. The van der Waals surface area contributed by atoms with Crippen LogP contribution in [0, 0.1) is 5.82 Å². The third-order valence-corrected chi connectivity index (χ3v) is 3.62. The van der Waals surface area contributed by atoms with Crippen molar-refractivity contribution in [2.24, 2.45) is 5.84 Å². The van der Waals surface area contributed by atoms with Gasteiger partial charge in [0.25, 0.3) is 0 Å². The molecule has 1 atom stereocenters. The SMILES string of the molecule is NNC(CCc1ccccc1)Cc1ccc(F)c(Cl)c1. The Bertz CT molecular complexity index is 545. The monoisotopic (exact) mass is 292 g/mol. The van der Waals surface area contributed by atoms with E-state index in [2.05, 4.69) is 17.6 Å². The Kier molecular flexibility index (Phi) is 5.53. The summed E-state index contributed by atoms with van der Waals surface area (Å²) >= 11 is 5.79. The fourth-order valence-electron chi connectivity index (χ4n) is 2.18. The number of nitrogens with two attached hydrogens (primary N) is 1. The Hall–Kier alpha value is -1.42. The molecule has 0 heterocycles. The zero-order chi connectivity index (χ0) is 14.4. The molecule has 0 saturated heterocycles. The number of nitrogens with one attached hydrogen (secondary N) is 1. The molecule has 0 aliphatic carbocycles. The maximum atomic E-state index is 13.1. The molecule has 3 N–H and O–H groups in total. The van der Waals surface area contributed by atoms with Crippen LogP contribution < -0.4 is 11.3 Å². The summed E-state index contributed by atoms with van der Waals surface area (Å²) in [6, 6.07) is 15.2. The van der Waals surface area contributed by atoms with Crippen LogP contribution in [0.3, 0.4) is 0 Å². The standard InChI is InChI=1S/C16H18ClFN2/c17-15-11-13(7-9-16(15)18)10-14(20-19)8-6-12-4-2-1-3-5-12/h1-5,7,9,11,14,20H,6,8,10,19H2. The zero-order valence-electron chi connectivity index (χ0n) is 11.2. The number of hydrazine groups is 1. The highest BCUT2D eigenvalue weighted by Gasteiger charge is 2.09. The summed E-state index contributed by atoms with van der Waals surface area (Å²) in [7, 11) is 0. The quantitative estimate of drug-likeness (QED) is 0.632. The molecule has 0 saturated carbocycles. The minimum atomic E-state index is -0.392. The van der Waals surface area contributed by atoms with Crippen molar-refractivity contribution in [3.05, 3.63) is 70.5 Å². The third kappa shape index (κ3) is 4.30. The predicted octanol–water partition coefficient (Wildman–Crippen LogP) is 3.49. The molecule has 106 valence electrons. The molecule has 1 unspecified atom stereocenters.